The second-order valence-electron chi connectivity index (χ2n) is 6.38. The molecule has 0 saturated heterocycles. The van der Waals surface area contributed by atoms with Crippen LogP contribution in [0.3, 0.4) is 0 Å². The molecular weight excluding hydrogens is 336 g/mol. The molecule has 1 amide bonds. The number of hydrogen-bond donors (Lipinski definition) is 2. The minimum Gasteiger partial charge on any atom is -0.392 e. The average Bonchev–Trinajstić information content (AvgIpc) is 2.73. The number of carbonyl (C=O) groups excluding carboxylic acids is 1. The van der Waals surface area contributed by atoms with Crippen molar-refractivity contribution < 1.29 is 9.90 Å². The number of hydrogen-bond acceptors (Lipinski definition) is 3. The molecule has 4 aromatic rings. The molecular formula is C23H18N2O2. The lowest BCUT2D eigenvalue weighted by Gasteiger charge is -2.12. The Balaban J connectivity index is 1.97. The molecule has 0 aliphatic carbocycles. The number of carbonyl (C=O) groups is 1. The summed E-state index contributed by atoms with van der Waals surface area (Å²) in [6, 6.07) is 25.0. The zero-order valence-electron chi connectivity index (χ0n) is 14.6. The molecule has 4 heteroatoms. The lowest BCUT2D eigenvalue weighted by atomic mass is 9.96. The molecule has 3 N–H and O–H groups in total. The molecule has 0 fully saturated rings. The Bertz CT molecular complexity index is 1120. The highest BCUT2D eigenvalue weighted by Crippen LogP contribution is 2.33. The number of amides is 1. The summed E-state index contributed by atoms with van der Waals surface area (Å²) >= 11 is 0. The SMILES string of the molecule is NC(=O)c1ccc2nc(-c3ccc(CO)cc3)c(-c3ccccc3)cc2c1. The van der Waals surface area contributed by atoms with Gasteiger partial charge in [-0.2, -0.15) is 0 Å². The highest BCUT2D eigenvalue weighted by molar-refractivity contribution is 5.99. The molecule has 1 aromatic heterocycles. The number of primary amides is 1. The van der Waals surface area contributed by atoms with Gasteiger partial charge in [-0.25, -0.2) is 4.98 Å². The largest absolute Gasteiger partial charge is 0.392 e. The van der Waals surface area contributed by atoms with Gasteiger partial charge in [0.25, 0.3) is 0 Å². The van der Waals surface area contributed by atoms with Crippen LogP contribution in [0, 0.1) is 0 Å². The zero-order chi connectivity index (χ0) is 18.8. The fraction of sp³-hybridized carbons (Fsp3) is 0.0435. The Morgan fingerprint density at radius 3 is 2.30 bits per heavy atom. The van der Waals surface area contributed by atoms with Crippen LogP contribution in [0.15, 0.2) is 78.9 Å². The molecule has 4 nitrogen and oxygen atoms in total. The second-order valence-corrected chi connectivity index (χ2v) is 6.38. The molecule has 0 spiro atoms. The highest BCUT2D eigenvalue weighted by Gasteiger charge is 2.12. The molecule has 0 radical (unpaired) electrons. The van der Waals surface area contributed by atoms with Gasteiger partial charge in [-0.1, -0.05) is 54.6 Å². The number of nitrogens with zero attached hydrogens (tertiary/aromatic N) is 1. The lowest BCUT2D eigenvalue weighted by Crippen LogP contribution is -2.10. The minimum absolute atomic E-state index is 0.00681. The van der Waals surface area contributed by atoms with E-state index in [9.17, 15) is 9.90 Å². The molecule has 132 valence electrons. The lowest BCUT2D eigenvalue weighted by molar-refractivity contribution is 0.100. The number of fused-ring (bicyclic) bond motifs is 1. The van der Waals surface area contributed by atoms with Crippen molar-refractivity contribution in [3.8, 4) is 22.4 Å². The van der Waals surface area contributed by atoms with E-state index in [1.165, 1.54) is 0 Å². The van der Waals surface area contributed by atoms with Gasteiger partial charge in [0.1, 0.15) is 0 Å². The van der Waals surface area contributed by atoms with Crippen molar-refractivity contribution in [2.24, 2.45) is 5.73 Å². The normalized spacial score (nSPS) is 10.9. The molecule has 0 aliphatic rings. The van der Waals surface area contributed by atoms with Crippen molar-refractivity contribution in [2.45, 2.75) is 6.61 Å². The zero-order valence-corrected chi connectivity index (χ0v) is 14.6. The summed E-state index contributed by atoms with van der Waals surface area (Å²) < 4.78 is 0. The number of aromatic nitrogens is 1. The fourth-order valence-electron chi connectivity index (χ4n) is 3.16. The molecule has 0 bridgehead atoms. The third-order valence-corrected chi connectivity index (χ3v) is 4.59. The van der Waals surface area contributed by atoms with Gasteiger partial charge in [0.05, 0.1) is 17.8 Å². The van der Waals surface area contributed by atoms with Gasteiger partial charge < -0.3 is 10.8 Å². The van der Waals surface area contributed by atoms with Crippen molar-refractivity contribution in [2.75, 3.05) is 0 Å². The third-order valence-electron chi connectivity index (χ3n) is 4.59. The number of benzene rings is 3. The Morgan fingerprint density at radius 2 is 1.63 bits per heavy atom. The molecule has 0 atom stereocenters. The quantitative estimate of drug-likeness (QED) is 0.578. The molecule has 0 saturated carbocycles. The van der Waals surface area contributed by atoms with Gasteiger partial charge >= 0.3 is 0 Å². The first-order valence-corrected chi connectivity index (χ1v) is 8.66. The van der Waals surface area contributed by atoms with Crippen molar-refractivity contribution in [1.29, 1.82) is 0 Å². The Labute approximate surface area is 156 Å². The number of nitrogens with two attached hydrogens (primary N) is 1. The first-order chi connectivity index (χ1) is 13.2. The van der Waals surface area contributed by atoms with E-state index in [-0.39, 0.29) is 6.61 Å². The van der Waals surface area contributed by atoms with Gasteiger partial charge in [0.2, 0.25) is 5.91 Å². The van der Waals surface area contributed by atoms with E-state index < -0.39 is 5.91 Å². The average molecular weight is 354 g/mol. The molecule has 27 heavy (non-hydrogen) atoms. The van der Waals surface area contributed by atoms with Crippen LogP contribution in [0.4, 0.5) is 0 Å². The number of rotatable bonds is 4. The van der Waals surface area contributed by atoms with Crippen molar-refractivity contribution in [3.63, 3.8) is 0 Å². The van der Waals surface area contributed by atoms with Crippen LogP contribution in [-0.2, 0) is 6.61 Å². The van der Waals surface area contributed by atoms with Crippen molar-refractivity contribution in [1.82, 2.24) is 4.98 Å². The summed E-state index contributed by atoms with van der Waals surface area (Å²) in [5.74, 6) is -0.457. The van der Waals surface area contributed by atoms with Gasteiger partial charge in [0, 0.05) is 22.1 Å². The summed E-state index contributed by atoms with van der Waals surface area (Å²) in [5, 5.41) is 10.2. The summed E-state index contributed by atoms with van der Waals surface area (Å²) in [6.45, 7) is 0.00681. The van der Waals surface area contributed by atoms with Crippen LogP contribution >= 0.6 is 0 Å². The standard InChI is InChI=1S/C23H18N2O2/c24-23(27)18-10-11-21-19(12-18)13-20(16-4-2-1-3-5-16)22(25-21)17-8-6-15(14-26)7-9-17/h1-13,26H,14H2,(H2,24,27). The van der Waals surface area contributed by atoms with E-state index >= 15 is 0 Å². The summed E-state index contributed by atoms with van der Waals surface area (Å²) in [5.41, 5.74) is 11.4. The second kappa shape index (κ2) is 7.02. The summed E-state index contributed by atoms with van der Waals surface area (Å²) in [7, 11) is 0. The van der Waals surface area contributed by atoms with E-state index in [1.54, 1.807) is 12.1 Å². The monoisotopic (exact) mass is 354 g/mol. The number of aliphatic hydroxyl groups is 1. The maximum absolute atomic E-state index is 11.5. The molecule has 1 heterocycles. The molecule has 0 aliphatic heterocycles. The number of pyridine rings is 1. The highest BCUT2D eigenvalue weighted by atomic mass is 16.3. The first kappa shape index (κ1) is 16.9. The van der Waals surface area contributed by atoms with E-state index in [2.05, 4.69) is 0 Å². The maximum atomic E-state index is 11.5. The van der Waals surface area contributed by atoms with Crippen LogP contribution in [0.2, 0.25) is 0 Å². The molecule has 0 unspecified atom stereocenters. The first-order valence-electron chi connectivity index (χ1n) is 8.66. The minimum atomic E-state index is -0.457. The number of aliphatic hydroxyl groups excluding tert-OH is 1. The summed E-state index contributed by atoms with van der Waals surface area (Å²) in [6.07, 6.45) is 0. The molecule has 4 rings (SSSR count). The smallest absolute Gasteiger partial charge is 0.248 e. The van der Waals surface area contributed by atoms with Crippen LogP contribution in [0.25, 0.3) is 33.3 Å². The fourth-order valence-corrected chi connectivity index (χ4v) is 3.16. The van der Waals surface area contributed by atoms with E-state index in [4.69, 9.17) is 10.7 Å². The Kier molecular flexibility index (Phi) is 4.40. The van der Waals surface area contributed by atoms with Crippen LogP contribution in [0.5, 0.6) is 0 Å². The van der Waals surface area contributed by atoms with Gasteiger partial charge in [-0.05, 0) is 35.4 Å². The van der Waals surface area contributed by atoms with E-state index in [1.807, 2.05) is 66.7 Å². The van der Waals surface area contributed by atoms with E-state index in [0.717, 1.165) is 38.9 Å². The van der Waals surface area contributed by atoms with Crippen LogP contribution < -0.4 is 5.73 Å². The van der Waals surface area contributed by atoms with Gasteiger partial charge in [0.15, 0.2) is 0 Å². The molecule has 3 aromatic carbocycles. The van der Waals surface area contributed by atoms with Crippen LogP contribution in [-0.4, -0.2) is 16.0 Å². The van der Waals surface area contributed by atoms with Crippen molar-refractivity contribution >= 4 is 16.8 Å². The topological polar surface area (TPSA) is 76.2 Å². The summed E-state index contributed by atoms with van der Waals surface area (Å²) in [4.78, 5) is 16.4. The van der Waals surface area contributed by atoms with Gasteiger partial charge in [-0.15, -0.1) is 0 Å². The maximum Gasteiger partial charge on any atom is 0.248 e. The van der Waals surface area contributed by atoms with E-state index in [0.29, 0.717) is 5.56 Å². The predicted molar refractivity (Wildman–Crippen MR) is 107 cm³/mol. The van der Waals surface area contributed by atoms with Gasteiger partial charge in [-0.3, -0.25) is 4.79 Å². The predicted octanol–water partition coefficient (Wildman–Crippen LogP) is 4.16. The Hall–Kier alpha value is -3.50. The van der Waals surface area contributed by atoms with Crippen LogP contribution in [0.1, 0.15) is 15.9 Å². The third kappa shape index (κ3) is 3.30. The van der Waals surface area contributed by atoms with Crippen molar-refractivity contribution in [3.05, 3.63) is 90.0 Å². The Morgan fingerprint density at radius 1 is 0.889 bits per heavy atom.